The van der Waals surface area contributed by atoms with E-state index in [1.807, 2.05) is 0 Å². The summed E-state index contributed by atoms with van der Waals surface area (Å²) in [4.78, 5) is -0.505. The Morgan fingerprint density at radius 2 is 2.05 bits per heavy atom. The Hall–Kier alpha value is -0.570. The molecule has 0 spiro atoms. The van der Waals surface area contributed by atoms with Crippen molar-refractivity contribution in [2.45, 2.75) is 17.9 Å². The van der Waals surface area contributed by atoms with E-state index < -0.39 is 26.6 Å². The van der Waals surface area contributed by atoms with Gasteiger partial charge in [0.05, 0.1) is 4.47 Å². The van der Waals surface area contributed by atoms with Crippen molar-refractivity contribution < 1.29 is 17.2 Å². The number of nitrogens with one attached hydrogen (secondary N) is 1. The number of rotatable bonds is 2. The molecule has 1 unspecified atom stereocenters. The quantitative estimate of drug-likeness (QED) is 0.822. The van der Waals surface area contributed by atoms with Gasteiger partial charge in [-0.3, -0.25) is 0 Å². The fraction of sp³-hybridized carbons (Fsp3) is 0.455. The van der Waals surface area contributed by atoms with Crippen molar-refractivity contribution in [2.75, 3.05) is 19.6 Å². The minimum absolute atomic E-state index is 0.0738. The summed E-state index contributed by atoms with van der Waals surface area (Å²) >= 11 is 2.87. The summed E-state index contributed by atoms with van der Waals surface area (Å²) in [5, 5.41) is 3.05. The molecule has 0 amide bonds. The number of hydrogen-bond donors (Lipinski definition) is 1. The number of nitrogens with zero attached hydrogens (tertiary/aromatic N) is 1. The van der Waals surface area contributed by atoms with E-state index in [4.69, 9.17) is 0 Å². The molecule has 1 saturated heterocycles. The highest BCUT2D eigenvalue weighted by Crippen LogP contribution is 2.27. The predicted octanol–water partition coefficient (Wildman–Crippen LogP) is 1.71. The van der Waals surface area contributed by atoms with Gasteiger partial charge in [-0.25, -0.2) is 17.2 Å². The maximum absolute atomic E-state index is 13.7. The first kappa shape index (κ1) is 14.8. The van der Waals surface area contributed by atoms with Crippen LogP contribution in [0.2, 0.25) is 0 Å². The van der Waals surface area contributed by atoms with Gasteiger partial charge in [-0.2, -0.15) is 4.31 Å². The summed E-state index contributed by atoms with van der Waals surface area (Å²) in [5.41, 5.74) is 0. The van der Waals surface area contributed by atoms with E-state index in [0.29, 0.717) is 19.2 Å². The third-order valence-electron chi connectivity index (χ3n) is 3.00. The molecule has 0 saturated carbocycles. The smallest absolute Gasteiger partial charge is 0.246 e. The number of hydrogen-bond acceptors (Lipinski definition) is 3. The molecular formula is C11H13BrF2N2O2S. The third kappa shape index (κ3) is 2.81. The topological polar surface area (TPSA) is 49.4 Å². The minimum atomic E-state index is -3.96. The Bertz CT molecular complexity index is 595. The predicted molar refractivity (Wildman–Crippen MR) is 70.3 cm³/mol. The fourth-order valence-electron chi connectivity index (χ4n) is 2.01. The van der Waals surface area contributed by atoms with Gasteiger partial charge in [0.25, 0.3) is 0 Å². The summed E-state index contributed by atoms with van der Waals surface area (Å²) < 4.78 is 52.8. The lowest BCUT2D eigenvalue weighted by atomic mass is 10.3. The molecule has 4 nitrogen and oxygen atoms in total. The zero-order valence-corrected chi connectivity index (χ0v) is 12.6. The van der Waals surface area contributed by atoms with E-state index in [0.717, 1.165) is 6.07 Å². The molecule has 0 aliphatic carbocycles. The van der Waals surface area contributed by atoms with Crippen LogP contribution in [-0.2, 0) is 10.0 Å². The van der Waals surface area contributed by atoms with Gasteiger partial charge >= 0.3 is 0 Å². The minimum Gasteiger partial charge on any atom is -0.314 e. The van der Waals surface area contributed by atoms with Gasteiger partial charge in [-0.1, -0.05) is 0 Å². The van der Waals surface area contributed by atoms with E-state index in [1.165, 1.54) is 4.31 Å². The Balaban J connectivity index is 2.47. The van der Waals surface area contributed by atoms with Crippen molar-refractivity contribution in [3.8, 4) is 0 Å². The largest absolute Gasteiger partial charge is 0.314 e. The first-order chi connectivity index (χ1) is 8.84. The van der Waals surface area contributed by atoms with Crippen LogP contribution >= 0.6 is 15.9 Å². The fourth-order valence-corrected chi connectivity index (χ4v) is 4.21. The highest BCUT2D eigenvalue weighted by Gasteiger charge is 2.33. The zero-order valence-electron chi connectivity index (χ0n) is 10.2. The molecule has 106 valence electrons. The summed E-state index contributed by atoms with van der Waals surface area (Å²) in [6.07, 6.45) is 0. The monoisotopic (exact) mass is 354 g/mol. The second-order valence-electron chi connectivity index (χ2n) is 4.37. The molecular weight excluding hydrogens is 342 g/mol. The van der Waals surface area contributed by atoms with Crippen molar-refractivity contribution in [1.82, 2.24) is 9.62 Å². The SMILES string of the molecule is CC1CNCCN1S(=O)(=O)c1cc(Br)c(F)cc1F. The summed E-state index contributed by atoms with van der Waals surface area (Å²) in [7, 11) is -3.96. The third-order valence-corrected chi connectivity index (χ3v) is 5.64. The van der Waals surface area contributed by atoms with Gasteiger partial charge in [0, 0.05) is 31.7 Å². The van der Waals surface area contributed by atoms with E-state index in [2.05, 4.69) is 21.2 Å². The second kappa shape index (κ2) is 5.43. The molecule has 1 N–H and O–H groups in total. The highest BCUT2D eigenvalue weighted by molar-refractivity contribution is 9.10. The Morgan fingerprint density at radius 3 is 2.68 bits per heavy atom. The summed E-state index contributed by atoms with van der Waals surface area (Å²) in [5.74, 6) is -1.91. The Kier molecular flexibility index (Phi) is 4.24. The summed E-state index contributed by atoms with van der Waals surface area (Å²) in [6.45, 7) is 3.01. The van der Waals surface area contributed by atoms with Crippen LogP contribution in [0.4, 0.5) is 8.78 Å². The van der Waals surface area contributed by atoms with Gasteiger partial charge in [0.15, 0.2) is 0 Å². The average molecular weight is 355 g/mol. The van der Waals surface area contributed by atoms with Crippen molar-refractivity contribution >= 4 is 26.0 Å². The molecule has 19 heavy (non-hydrogen) atoms. The number of piperazine rings is 1. The molecule has 1 aliphatic heterocycles. The molecule has 0 aromatic heterocycles. The number of halogens is 3. The zero-order chi connectivity index (χ0) is 14.2. The van der Waals surface area contributed by atoms with Crippen molar-refractivity contribution in [2.24, 2.45) is 0 Å². The molecule has 0 radical (unpaired) electrons. The molecule has 2 rings (SSSR count). The van der Waals surface area contributed by atoms with Gasteiger partial charge in [-0.15, -0.1) is 0 Å². The van der Waals surface area contributed by atoms with Crippen LogP contribution in [0.3, 0.4) is 0 Å². The molecule has 1 aromatic carbocycles. The van der Waals surface area contributed by atoms with E-state index in [1.54, 1.807) is 6.92 Å². The maximum Gasteiger partial charge on any atom is 0.246 e. The summed E-state index contributed by atoms with van der Waals surface area (Å²) in [6, 6.07) is 1.26. The molecule has 0 bridgehead atoms. The maximum atomic E-state index is 13.7. The standard InChI is InChI=1S/C11H13BrF2N2O2S/c1-7-6-15-2-3-16(7)19(17,18)11-4-8(12)9(13)5-10(11)14/h4-5,7,15H,2-3,6H2,1H3. The number of benzene rings is 1. The molecule has 1 aromatic rings. The molecule has 1 aliphatic rings. The lowest BCUT2D eigenvalue weighted by molar-refractivity contribution is 0.283. The molecule has 8 heteroatoms. The lowest BCUT2D eigenvalue weighted by Crippen LogP contribution is -2.52. The van der Waals surface area contributed by atoms with Crippen molar-refractivity contribution in [3.05, 3.63) is 28.2 Å². The van der Waals surface area contributed by atoms with Gasteiger partial charge in [0.2, 0.25) is 10.0 Å². The average Bonchev–Trinajstić information content (AvgIpc) is 2.34. The first-order valence-electron chi connectivity index (χ1n) is 5.71. The van der Waals surface area contributed by atoms with E-state index in [9.17, 15) is 17.2 Å². The van der Waals surface area contributed by atoms with E-state index >= 15 is 0 Å². The Labute approximate surface area is 119 Å². The lowest BCUT2D eigenvalue weighted by Gasteiger charge is -2.32. The van der Waals surface area contributed by atoms with Crippen LogP contribution in [0.5, 0.6) is 0 Å². The highest BCUT2D eigenvalue weighted by atomic mass is 79.9. The first-order valence-corrected chi connectivity index (χ1v) is 7.94. The number of sulfonamides is 1. The van der Waals surface area contributed by atoms with Gasteiger partial charge in [-0.05, 0) is 28.9 Å². The Morgan fingerprint density at radius 1 is 1.37 bits per heavy atom. The van der Waals surface area contributed by atoms with Crippen molar-refractivity contribution in [1.29, 1.82) is 0 Å². The van der Waals surface area contributed by atoms with Crippen LogP contribution in [-0.4, -0.2) is 38.4 Å². The molecule has 1 fully saturated rings. The van der Waals surface area contributed by atoms with Crippen LogP contribution in [0.25, 0.3) is 0 Å². The van der Waals surface area contributed by atoms with Crippen LogP contribution in [0.1, 0.15) is 6.92 Å². The van der Waals surface area contributed by atoms with Crippen molar-refractivity contribution in [3.63, 3.8) is 0 Å². The van der Waals surface area contributed by atoms with Gasteiger partial charge < -0.3 is 5.32 Å². The van der Waals surface area contributed by atoms with E-state index in [-0.39, 0.29) is 17.1 Å². The van der Waals surface area contributed by atoms with Gasteiger partial charge in [0.1, 0.15) is 16.5 Å². The van der Waals surface area contributed by atoms with Crippen LogP contribution in [0.15, 0.2) is 21.5 Å². The van der Waals surface area contributed by atoms with Crippen LogP contribution in [0, 0.1) is 11.6 Å². The molecule has 1 heterocycles. The normalized spacial score (nSPS) is 21.6. The second-order valence-corrected chi connectivity index (χ2v) is 7.08. The molecule has 1 atom stereocenters. The van der Waals surface area contributed by atoms with Crippen LogP contribution < -0.4 is 5.32 Å².